The zero-order valence-electron chi connectivity index (χ0n) is 15.6. The Hall–Kier alpha value is -2.43. The highest BCUT2D eigenvalue weighted by atomic mass is 16.5. The molecule has 26 heavy (non-hydrogen) atoms. The van der Waals surface area contributed by atoms with Gasteiger partial charge in [0.1, 0.15) is 6.61 Å². The van der Waals surface area contributed by atoms with Gasteiger partial charge >= 0.3 is 0 Å². The summed E-state index contributed by atoms with van der Waals surface area (Å²) >= 11 is 0. The molecule has 0 bridgehead atoms. The molecule has 5 nitrogen and oxygen atoms in total. The van der Waals surface area contributed by atoms with Crippen molar-refractivity contribution in [3.63, 3.8) is 0 Å². The lowest BCUT2D eigenvalue weighted by atomic mass is 9.84. The van der Waals surface area contributed by atoms with Crippen LogP contribution in [0.2, 0.25) is 0 Å². The molecule has 0 spiro atoms. The van der Waals surface area contributed by atoms with E-state index in [1.807, 2.05) is 25.1 Å². The van der Waals surface area contributed by atoms with Gasteiger partial charge in [0.05, 0.1) is 5.56 Å². The topological polar surface area (TPSA) is 64.1 Å². The van der Waals surface area contributed by atoms with Crippen LogP contribution >= 0.6 is 0 Å². The number of rotatable bonds is 6. The molecular weight excluding hydrogens is 326 g/mol. The van der Waals surface area contributed by atoms with Gasteiger partial charge < -0.3 is 10.1 Å². The molecular formula is C21H27N3O2. The lowest BCUT2D eigenvalue weighted by Crippen LogP contribution is -2.38. The Labute approximate surface area is 155 Å². The molecule has 0 unspecified atom stereocenters. The third kappa shape index (κ3) is 4.81. The van der Waals surface area contributed by atoms with Crippen LogP contribution in [0, 0.1) is 12.8 Å². The zero-order chi connectivity index (χ0) is 18.4. The number of ether oxygens (including phenoxy) is 1. The van der Waals surface area contributed by atoms with E-state index < -0.39 is 0 Å². The van der Waals surface area contributed by atoms with Crippen LogP contribution in [0.4, 0.5) is 0 Å². The summed E-state index contributed by atoms with van der Waals surface area (Å²) in [5.41, 5.74) is 2.47. The Morgan fingerprint density at radius 3 is 2.69 bits per heavy atom. The number of hydrogen-bond donors (Lipinski definition) is 1. The molecule has 0 aromatic carbocycles. The number of carbonyl (C=O) groups is 1. The molecule has 1 fully saturated rings. The summed E-state index contributed by atoms with van der Waals surface area (Å²) in [5, 5.41) is 3.14. The van der Waals surface area contributed by atoms with Crippen LogP contribution in [0.15, 0.2) is 36.8 Å². The SMILES string of the molecule is Cc1cc(C(=O)N[C@H](C)C2CCCCC2)cnc1OCc1ccncc1. The maximum atomic E-state index is 12.5. The van der Waals surface area contributed by atoms with Crippen molar-refractivity contribution in [1.82, 2.24) is 15.3 Å². The van der Waals surface area contributed by atoms with Crippen molar-refractivity contribution in [1.29, 1.82) is 0 Å². The monoisotopic (exact) mass is 353 g/mol. The molecule has 0 radical (unpaired) electrons. The van der Waals surface area contributed by atoms with Crippen molar-refractivity contribution in [3.8, 4) is 5.88 Å². The fraction of sp³-hybridized carbons (Fsp3) is 0.476. The number of hydrogen-bond acceptors (Lipinski definition) is 4. The smallest absolute Gasteiger partial charge is 0.253 e. The van der Waals surface area contributed by atoms with Gasteiger partial charge in [0.2, 0.25) is 5.88 Å². The van der Waals surface area contributed by atoms with Crippen LogP contribution < -0.4 is 10.1 Å². The van der Waals surface area contributed by atoms with Gasteiger partial charge in [-0.15, -0.1) is 0 Å². The average molecular weight is 353 g/mol. The molecule has 1 atom stereocenters. The van der Waals surface area contributed by atoms with Gasteiger partial charge in [0, 0.05) is 30.2 Å². The number of nitrogens with one attached hydrogen (secondary N) is 1. The number of aryl methyl sites for hydroxylation is 1. The quantitative estimate of drug-likeness (QED) is 0.850. The van der Waals surface area contributed by atoms with E-state index in [2.05, 4.69) is 22.2 Å². The van der Waals surface area contributed by atoms with Gasteiger partial charge in [-0.2, -0.15) is 0 Å². The molecule has 0 saturated heterocycles. The normalized spacial score (nSPS) is 16.1. The van der Waals surface area contributed by atoms with Crippen molar-refractivity contribution in [3.05, 3.63) is 53.5 Å². The van der Waals surface area contributed by atoms with Crippen molar-refractivity contribution in [2.75, 3.05) is 0 Å². The Morgan fingerprint density at radius 1 is 1.27 bits per heavy atom. The summed E-state index contributed by atoms with van der Waals surface area (Å²) in [7, 11) is 0. The Morgan fingerprint density at radius 2 is 2.00 bits per heavy atom. The summed E-state index contributed by atoms with van der Waals surface area (Å²) < 4.78 is 5.76. The molecule has 1 amide bonds. The molecule has 1 saturated carbocycles. The number of nitrogens with zero attached hydrogens (tertiary/aromatic N) is 2. The van der Waals surface area contributed by atoms with E-state index in [0.717, 1.165) is 11.1 Å². The average Bonchev–Trinajstić information content (AvgIpc) is 2.68. The zero-order valence-corrected chi connectivity index (χ0v) is 15.6. The minimum atomic E-state index is -0.0562. The van der Waals surface area contributed by atoms with Crippen LogP contribution in [-0.2, 0) is 6.61 Å². The van der Waals surface area contributed by atoms with Crippen molar-refractivity contribution in [2.24, 2.45) is 5.92 Å². The number of pyridine rings is 2. The second-order valence-electron chi connectivity index (χ2n) is 7.15. The number of aromatic nitrogens is 2. The van der Waals surface area contributed by atoms with Gasteiger partial charge in [-0.1, -0.05) is 19.3 Å². The fourth-order valence-corrected chi connectivity index (χ4v) is 3.51. The minimum absolute atomic E-state index is 0.0562. The van der Waals surface area contributed by atoms with E-state index in [9.17, 15) is 4.79 Å². The molecule has 5 heteroatoms. The second-order valence-corrected chi connectivity index (χ2v) is 7.15. The van der Waals surface area contributed by atoms with E-state index in [1.165, 1.54) is 32.1 Å². The predicted molar refractivity (Wildman–Crippen MR) is 101 cm³/mol. The summed E-state index contributed by atoms with van der Waals surface area (Å²) in [6.07, 6.45) is 11.4. The lowest BCUT2D eigenvalue weighted by Gasteiger charge is -2.28. The molecule has 2 aromatic heterocycles. The van der Waals surface area contributed by atoms with Gasteiger partial charge in [-0.05, 0) is 56.4 Å². The van der Waals surface area contributed by atoms with Crippen LogP contribution in [0.5, 0.6) is 5.88 Å². The third-order valence-corrected chi connectivity index (χ3v) is 5.13. The largest absolute Gasteiger partial charge is 0.473 e. The fourth-order valence-electron chi connectivity index (χ4n) is 3.51. The van der Waals surface area contributed by atoms with E-state index in [1.54, 1.807) is 18.6 Å². The van der Waals surface area contributed by atoms with E-state index in [-0.39, 0.29) is 11.9 Å². The van der Waals surface area contributed by atoms with Crippen LogP contribution in [0.3, 0.4) is 0 Å². The molecule has 1 aliphatic rings. The van der Waals surface area contributed by atoms with Crippen LogP contribution in [-0.4, -0.2) is 21.9 Å². The predicted octanol–water partition coefficient (Wildman–Crippen LogP) is 4.06. The van der Waals surface area contributed by atoms with Gasteiger partial charge in [0.15, 0.2) is 0 Å². The number of amides is 1. The summed E-state index contributed by atoms with van der Waals surface area (Å²) in [5.74, 6) is 1.09. The van der Waals surface area contributed by atoms with Crippen molar-refractivity contribution >= 4 is 5.91 Å². The Kier molecular flexibility index (Phi) is 6.21. The first-order valence-corrected chi connectivity index (χ1v) is 9.42. The molecule has 2 heterocycles. The molecule has 2 aromatic rings. The first kappa shape index (κ1) is 18.4. The molecule has 0 aliphatic heterocycles. The van der Waals surface area contributed by atoms with Gasteiger partial charge in [-0.3, -0.25) is 9.78 Å². The Bertz CT molecular complexity index is 727. The minimum Gasteiger partial charge on any atom is -0.473 e. The van der Waals surface area contributed by atoms with E-state index in [4.69, 9.17) is 4.74 Å². The van der Waals surface area contributed by atoms with Crippen molar-refractivity contribution in [2.45, 2.75) is 58.6 Å². The van der Waals surface area contributed by atoms with Crippen molar-refractivity contribution < 1.29 is 9.53 Å². The highest BCUT2D eigenvalue weighted by Crippen LogP contribution is 2.26. The molecule has 3 rings (SSSR count). The highest BCUT2D eigenvalue weighted by molar-refractivity contribution is 5.94. The molecule has 1 aliphatic carbocycles. The molecule has 1 N–H and O–H groups in total. The van der Waals surface area contributed by atoms with Gasteiger partial charge in [-0.25, -0.2) is 4.98 Å². The summed E-state index contributed by atoms with van der Waals surface area (Å²) in [6, 6.07) is 5.86. The lowest BCUT2D eigenvalue weighted by molar-refractivity contribution is 0.0918. The van der Waals surface area contributed by atoms with E-state index in [0.29, 0.717) is 24.0 Å². The molecule has 138 valence electrons. The maximum Gasteiger partial charge on any atom is 0.253 e. The van der Waals surface area contributed by atoms with E-state index >= 15 is 0 Å². The van der Waals surface area contributed by atoms with Gasteiger partial charge in [0.25, 0.3) is 5.91 Å². The first-order chi connectivity index (χ1) is 12.6. The summed E-state index contributed by atoms with van der Waals surface area (Å²) in [4.78, 5) is 20.9. The highest BCUT2D eigenvalue weighted by Gasteiger charge is 2.22. The van der Waals surface area contributed by atoms with Crippen LogP contribution in [0.25, 0.3) is 0 Å². The summed E-state index contributed by atoms with van der Waals surface area (Å²) in [6.45, 7) is 4.46. The first-order valence-electron chi connectivity index (χ1n) is 9.42. The number of carbonyl (C=O) groups excluding carboxylic acids is 1. The standard InChI is InChI=1S/C21H27N3O2/c1-15-12-19(20(25)24-16(2)18-6-4-3-5-7-18)13-23-21(15)26-14-17-8-10-22-11-9-17/h8-13,16,18H,3-7,14H2,1-2H3,(H,24,25)/t16-/m1/s1. The third-order valence-electron chi connectivity index (χ3n) is 5.13. The van der Waals surface area contributed by atoms with Crippen LogP contribution in [0.1, 0.15) is 60.5 Å². The Balaban J connectivity index is 1.58. The maximum absolute atomic E-state index is 12.5. The second kappa shape index (κ2) is 8.79.